The second kappa shape index (κ2) is 7.02. The van der Waals surface area contributed by atoms with Gasteiger partial charge in [-0.2, -0.15) is 10.2 Å². The average molecular weight is 438 g/mol. The van der Waals surface area contributed by atoms with Gasteiger partial charge in [-0.15, -0.1) is 11.3 Å². The Morgan fingerprint density at radius 1 is 1.26 bits per heavy atom. The number of carbonyl (C=O) groups is 1. The zero-order chi connectivity index (χ0) is 21.2. The van der Waals surface area contributed by atoms with Crippen LogP contribution in [0.2, 0.25) is 0 Å². The Hall–Kier alpha value is -2.48. The van der Waals surface area contributed by atoms with Crippen LogP contribution in [0.1, 0.15) is 45.4 Å². The summed E-state index contributed by atoms with van der Waals surface area (Å²) in [5, 5.41) is 13.8. The van der Waals surface area contributed by atoms with Gasteiger partial charge in [0.25, 0.3) is 5.56 Å². The smallest absolute Gasteiger partial charge is 0.293 e. The number of amides is 1. The van der Waals surface area contributed by atoms with Crippen molar-refractivity contribution in [3.8, 4) is 10.6 Å². The van der Waals surface area contributed by atoms with Crippen LogP contribution in [0.25, 0.3) is 16.1 Å². The Kier molecular flexibility index (Phi) is 4.35. The Bertz CT molecular complexity index is 1160. The Balaban J connectivity index is 1.19. The van der Waals surface area contributed by atoms with Crippen molar-refractivity contribution < 1.29 is 4.79 Å². The fourth-order valence-corrected chi connectivity index (χ4v) is 7.56. The summed E-state index contributed by atoms with van der Waals surface area (Å²) in [7, 11) is 0. The molecule has 7 rings (SSSR count). The highest BCUT2D eigenvalue weighted by molar-refractivity contribution is 7.13. The topological polar surface area (TPSA) is 81.3 Å². The molecule has 0 saturated heterocycles. The molecule has 0 unspecified atom stereocenters. The summed E-state index contributed by atoms with van der Waals surface area (Å²) >= 11 is 1.57. The number of rotatable bonds is 5. The standard InChI is InChI=1S/C23H27N5O2S/c1-14(23-9-15-5-16(10-23)7-17(6-15)11-23)25-21(29)12-27-22(30)19-8-18(20-3-2-4-31-20)26-28(19)13-24-27/h2-4,8,13-17H,5-7,9-12H2,1H3,(H,25,29)/t14-,15?,16?,17?,23?/m0/s1. The molecule has 1 N–H and O–H groups in total. The lowest BCUT2D eigenvalue weighted by atomic mass is 9.48. The molecule has 3 aromatic heterocycles. The van der Waals surface area contributed by atoms with Crippen LogP contribution in [0.15, 0.2) is 34.7 Å². The lowest BCUT2D eigenvalue weighted by Gasteiger charge is -2.59. The van der Waals surface area contributed by atoms with Crippen molar-refractivity contribution in [2.24, 2.45) is 23.2 Å². The Labute approximate surface area is 184 Å². The summed E-state index contributed by atoms with van der Waals surface area (Å²) < 4.78 is 2.74. The molecule has 0 aliphatic heterocycles. The number of nitrogens with zero attached hydrogens (tertiary/aromatic N) is 4. The van der Waals surface area contributed by atoms with E-state index in [0.717, 1.165) is 28.3 Å². The third-order valence-corrected chi connectivity index (χ3v) is 8.83. The van der Waals surface area contributed by atoms with E-state index < -0.39 is 0 Å². The van der Waals surface area contributed by atoms with Gasteiger partial charge in [-0.1, -0.05) is 6.07 Å². The minimum atomic E-state index is -0.296. The van der Waals surface area contributed by atoms with E-state index in [1.807, 2.05) is 17.5 Å². The highest BCUT2D eigenvalue weighted by Gasteiger charge is 2.53. The monoisotopic (exact) mass is 437 g/mol. The van der Waals surface area contributed by atoms with Gasteiger partial charge in [-0.05, 0) is 86.1 Å². The number of fused-ring (bicyclic) bond motifs is 1. The molecule has 3 heterocycles. The largest absolute Gasteiger partial charge is 0.351 e. The summed E-state index contributed by atoms with van der Waals surface area (Å²) in [6.07, 6.45) is 9.39. The zero-order valence-electron chi connectivity index (χ0n) is 17.7. The van der Waals surface area contributed by atoms with Crippen LogP contribution in [0, 0.1) is 23.2 Å². The summed E-state index contributed by atoms with van der Waals surface area (Å²) in [6.45, 7) is 2.10. The van der Waals surface area contributed by atoms with E-state index in [1.165, 1.54) is 54.0 Å². The van der Waals surface area contributed by atoms with Gasteiger partial charge in [0.05, 0.1) is 4.88 Å². The van der Waals surface area contributed by atoms with Crippen molar-refractivity contribution >= 4 is 22.8 Å². The maximum atomic E-state index is 12.9. The highest BCUT2D eigenvalue weighted by Crippen LogP contribution is 2.61. The van der Waals surface area contributed by atoms with Gasteiger partial charge in [-0.25, -0.2) is 9.20 Å². The molecule has 0 aromatic carbocycles. The summed E-state index contributed by atoms with van der Waals surface area (Å²) in [5.74, 6) is 2.39. The van der Waals surface area contributed by atoms with Gasteiger partial charge >= 0.3 is 0 Å². The number of hydrogen-bond donors (Lipinski definition) is 1. The molecule has 31 heavy (non-hydrogen) atoms. The molecule has 4 aliphatic carbocycles. The number of aromatic nitrogens is 4. The lowest BCUT2D eigenvalue weighted by molar-refractivity contribution is -0.126. The predicted molar refractivity (Wildman–Crippen MR) is 119 cm³/mol. The van der Waals surface area contributed by atoms with E-state index >= 15 is 0 Å². The zero-order valence-corrected chi connectivity index (χ0v) is 18.5. The summed E-state index contributed by atoms with van der Waals surface area (Å²) in [4.78, 5) is 26.8. The number of carbonyl (C=O) groups excluding carboxylic acids is 1. The van der Waals surface area contributed by atoms with Gasteiger partial charge in [0.1, 0.15) is 24.1 Å². The van der Waals surface area contributed by atoms with E-state index in [4.69, 9.17) is 0 Å². The quantitative estimate of drug-likeness (QED) is 0.664. The van der Waals surface area contributed by atoms with Crippen LogP contribution in [-0.2, 0) is 11.3 Å². The van der Waals surface area contributed by atoms with Crippen LogP contribution in [0.5, 0.6) is 0 Å². The first-order valence-electron chi connectivity index (χ1n) is 11.3. The minimum Gasteiger partial charge on any atom is -0.351 e. The van der Waals surface area contributed by atoms with E-state index in [2.05, 4.69) is 22.4 Å². The van der Waals surface area contributed by atoms with Crippen LogP contribution < -0.4 is 10.9 Å². The minimum absolute atomic E-state index is 0.0639. The Morgan fingerprint density at radius 3 is 2.61 bits per heavy atom. The van der Waals surface area contributed by atoms with E-state index in [-0.39, 0.29) is 29.5 Å². The van der Waals surface area contributed by atoms with Crippen molar-refractivity contribution in [1.29, 1.82) is 0 Å². The lowest BCUT2D eigenvalue weighted by Crippen LogP contribution is -2.56. The fraction of sp³-hybridized carbons (Fsp3) is 0.565. The van der Waals surface area contributed by atoms with Gasteiger partial charge < -0.3 is 5.32 Å². The second-order valence-corrected chi connectivity index (χ2v) is 10.9. The first kappa shape index (κ1) is 19.2. The van der Waals surface area contributed by atoms with E-state index in [9.17, 15) is 9.59 Å². The molecule has 4 saturated carbocycles. The molecule has 4 fully saturated rings. The SMILES string of the molecule is C[C@H](NC(=O)Cn1ncn2nc(-c3cccs3)cc2c1=O)C12CC3CC(CC(C3)C1)C2. The molecule has 3 aromatic rings. The Morgan fingerprint density at radius 2 is 1.97 bits per heavy atom. The molecule has 4 aliphatic rings. The first-order chi connectivity index (χ1) is 15.0. The molecule has 8 heteroatoms. The van der Waals surface area contributed by atoms with E-state index in [0.29, 0.717) is 5.52 Å². The average Bonchev–Trinajstić information content (AvgIpc) is 3.39. The summed E-state index contributed by atoms with van der Waals surface area (Å²) in [5.41, 5.74) is 1.12. The molecule has 4 bridgehead atoms. The molecule has 7 nitrogen and oxygen atoms in total. The molecule has 0 spiro atoms. The first-order valence-corrected chi connectivity index (χ1v) is 12.2. The number of nitrogens with one attached hydrogen (secondary N) is 1. The van der Waals surface area contributed by atoms with Crippen molar-refractivity contribution in [2.75, 3.05) is 0 Å². The normalized spacial score (nSPS) is 30.0. The van der Waals surface area contributed by atoms with Crippen molar-refractivity contribution in [2.45, 2.75) is 58.0 Å². The van der Waals surface area contributed by atoms with Gasteiger partial charge in [0.15, 0.2) is 0 Å². The summed E-state index contributed by atoms with van der Waals surface area (Å²) in [6, 6.07) is 5.82. The van der Waals surface area contributed by atoms with Crippen molar-refractivity contribution in [1.82, 2.24) is 24.7 Å². The highest BCUT2D eigenvalue weighted by atomic mass is 32.1. The van der Waals surface area contributed by atoms with Crippen LogP contribution >= 0.6 is 11.3 Å². The van der Waals surface area contributed by atoms with Gasteiger partial charge in [-0.3, -0.25) is 9.59 Å². The maximum Gasteiger partial charge on any atom is 0.293 e. The van der Waals surface area contributed by atoms with Crippen molar-refractivity contribution in [3.05, 3.63) is 40.3 Å². The van der Waals surface area contributed by atoms with Crippen LogP contribution in [0.4, 0.5) is 0 Å². The number of thiophene rings is 1. The molecular weight excluding hydrogens is 410 g/mol. The van der Waals surface area contributed by atoms with Crippen LogP contribution in [0.3, 0.4) is 0 Å². The molecular formula is C23H27N5O2S. The third-order valence-electron chi connectivity index (χ3n) is 7.94. The van der Waals surface area contributed by atoms with Gasteiger partial charge in [0, 0.05) is 6.04 Å². The third kappa shape index (κ3) is 3.23. The van der Waals surface area contributed by atoms with Gasteiger partial charge in [0.2, 0.25) is 5.91 Å². The maximum absolute atomic E-state index is 12.9. The molecule has 0 radical (unpaired) electrons. The molecule has 1 amide bonds. The second-order valence-electron chi connectivity index (χ2n) is 10.00. The van der Waals surface area contributed by atoms with Crippen molar-refractivity contribution in [3.63, 3.8) is 0 Å². The number of hydrogen-bond acceptors (Lipinski definition) is 5. The van der Waals surface area contributed by atoms with E-state index in [1.54, 1.807) is 17.4 Å². The predicted octanol–water partition coefficient (Wildman–Crippen LogP) is 3.34. The molecule has 162 valence electrons. The van der Waals surface area contributed by atoms with Crippen LogP contribution in [-0.4, -0.2) is 31.3 Å². The fourth-order valence-electron chi connectivity index (χ4n) is 6.88. The molecule has 1 atom stereocenters.